The maximum absolute atomic E-state index is 11.9. The van der Waals surface area contributed by atoms with Crippen LogP contribution >= 0.6 is 23.2 Å². The molecule has 0 atom stereocenters. The maximum Gasteiger partial charge on any atom is 0.342 e. The third-order valence-electron chi connectivity index (χ3n) is 3.17. The Kier molecular flexibility index (Phi) is 4.68. The molecular weight excluding hydrogens is 381 g/mol. The minimum absolute atomic E-state index is 0.300. The molecule has 0 saturated heterocycles. The van der Waals surface area contributed by atoms with Crippen LogP contribution in [-0.4, -0.2) is 32.1 Å². The molecule has 130 valence electrons. The molecule has 10 nitrogen and oxygen atoms in total. The van der Waals surface area contributed by atoms with Gasteiger partial charge in [-0.1, -0.05) is 23.2 Å². The van der Waals surface area contributed by atoms with Gasteiger partial charge < -0.3 is 20.9 Å². The van der Waals surface area contributed by atoms with Crippen molar-refractivity contribution in [3.05, 3.63) is 53.8 Å². The van der Waals surface area contributed by atoms with Gasteiger partial charge in [0.05, 0.1) is 9.95 Å². The monoisotopic (exact) mass is 387 g/mol. The number of hydrogen-bond acceptors (Lipinski definition) is 6. The van der Waals surface area contributed by atoms with Crippen LogP contribution in [-0.2, 0) is 0 Å². The number of carboxylic acid groups (broad SMARTS) is 2. The van der Waals surface area contributed by atoms with Gasteiger partial charge in [0.1, 0.15) is 22.0 Å². The lowest BCUT2D eigenvalue weighted by Gasteiger charge is -2.13. The first-order valence-electron chi connectivity index (χ1n) is 6.22. The van der Waals surface area contributed by atoms with Gasteiger partial charge in [-0.3, -0.25) is 14.9 Å². The number of benzene rings is 1. The molecule has 2 aromatic rings. The van der Waals surface area contributed by atoms with E-state index in [0.29, 0.717) is 0 Å². The number of anilines is 1. The number of nitrogens with two attached hydrogens (primary N) is 1. The zero-order chi connectivity index (χ0) is 19.0. The van der Waals surface area contributed by atoms with Crippen LogP contribution < -0.4 is 11.3 Å². The number of aromatic carboxylic acids is 2. The lowest BCUT2D eigenvalue weighted by Crippen LogP contribution is -2.24. The standard InChI is InChI=1S/C13H7Cl2N3O7/c14-4-2-5(15)6(18(24)25)1-3(4)7-8(12(20)21)10(16)17-11(19)9(7)13(22)23/h1-2H,(H,20,21)(H,22,23)(H3,16,17,19). The van der Waals surface area contributed by atoms with E-state index in [4.69, 9.17) is 28.9 Å². The van der Waals surface area contributed by atoms with E-state index in [0.717, 1.165) is 12.1 Å². The number of aromatic amines is 1. The fraction of sp³-hybridized carbons (Fsp3) is 0. The molecule has 1 aromatic heterocycles. The van der Waals surface area contributed by atoms with Gasteiger partial charge in [0, 0.05) is 17.2 Å². The highest BCUT2D eigenvalue weighted by atomic mass is 35.5. The third kappa shape index (κ3) is 3.12. The van der Waals surface area contributed by atoms with Crippen LogP contribution in [0.5, 0.6) is 0 Å². The smallest absolute Gasteiger partial charge is 0.342 e. The summed E-state index contributed by atoms with van der Waals surface area (Å²) >= 11 is 11.7. The predicted molar refractivity (Wildman–Crippen MR) is 87.5 cm³/mol. The van der Waals surface area contributed by atoms with Gasteiger partial charge in [0.15, 0.2) is 0 Å². The topological polar surface area (TPSA) is 177 Å². The highest BCUT2D eigenvalue weighted by Crippen LogP contribution is 2.39. The molecule has 0 amide bonds. The van der Waals surface area contributed by atoms with Crippen LogP contribution in [0.25, 0.3) is 11.1 Å². The lowest BCUT2D eigenvalue weighted by molar-refractivity contribution is -0.384. The van der Waals surface area contributed by atoms with E-state index in [2.05, 4.69) is 0 Å². The number of rotatable bonds is 4. The van der Waals surface area contributed by atoms with Crippen LogP contribution in [0.2, 0.25) is 10.0 Å². The van der Waals surface area contributed by atoms with Crippen LogP contribution in [0.4, 0.5) is 11.5 Å². The quantitative estimate of drug-likeness (QED) is 0.455. The second-order valence-corrected chi connectivity index (χ2v) is 5.46. The number of aromatic nitrogens is 1. The molecule has 5 N–H and O–H groups in total. The molecule has 0 aliphatic heterocycles. The Hall–Kier alpha value is -3.11. The first-order chi connectivity index (χ1) is 11.6. The molecule has 2 rings (SSSR count). The van der Waals surface area contributed by atoms with Crippen LogP contribution in [0.3, 0.4) is 0 Å². The Balaban J connectivity index is 3.08. The predicted octanol–water partition coefficient (Wildman–Crippen LogP) is 2.24. The van der Waals surface area contributed by atoms with E-state index in [1.807, 2.05) is 4.98 Å². The van der Waals surface area contributed by atoms with Crippen LogP contribution in [0, 0.1) is 10.1 Å². The highest BCUT2D eigenvalue weighted by molar-refractivity contribution is 6.38. The molecule has 0 radical (unpaired) electrons. The molecule has 0 spiro atoms. The van der Waals surface area contributed by atoms with Gasteiger partial charge in [0.25, 0.3) is 11.2 Å². The molecule has 0 bridgehead atoms. The Morgan fingerprint density at radius 2 is 1.68 bits per heavy atom. The summed E-state index contributed by atoms with van der Waals surface area (Å²) in [4.78, 5) is 46.9. The van der Waals surface area contributed by atoms with E-state index in [1.54, 1.807) is 0 Å². The van der Waals surface area contributed by atoms with E-state index in [1.165, 1.54) is 0 Å². The summed E-state index contributed by atoms with van der Waals surface area (Å²) in [6.45, 7) is 0. The maximum atomic E-state index is 11.9. The molecule has 1 aromatic carbocycles. The normalized spacial score (nSPS) is 10.5. The van der Waals surface area contributed by atoms with Crippen molar-refractivity contribution in [1.29, 1.82) is 0 Å². The summed E-state index contributed by atoms with van der Waals surface area (Å²) in [5, 5.41) is 29.0. The summed E-state index contributed by atoms with van der Waals surface area (Å²) < 4.78 is 0. The second kappa shape index (κ2) is 6.42. The van der Waals surface area contributed by atoms with Crippen molar-refractivity contribution in [3.8, 4) is 11.1 Å². The second-order valence-electron chi connectivity index (χ2n) is 4.64. The van der Waals surface area contributed by atoms with Crippen molar-refractivity contribution >= 4 is 46.6 Å². The van der Waals surface area contributed by atoms with Crippen molar-refractivity contribution in [2.45, 2.75) is 0 Å². The van der Waals surface area contributed by atoms with Crippen molar-refractivity contribution in [1.82, 2.24) is 4.98 Å². The summed E-state index contributed by atoms with van der Waals surface area (Å²) in [5.41, 5.74) is 0.825. The average molecular weight is 388 g/mol. The van der Waals surface area contributed by atoms with Crippen molar-refractivity contribution in [2.75, 3.05) is 5.73 Å². The highest BCUT2D eigenvalue weighted by Gasteiger charge is 2.29. The molecular formula is C13H7Cl2N3O7. The van der Waals surface area contributed by atoms with Gasteiger partial charge in [-0.25, -0.2) is 9.59 Å². The molecule has 0 fully saturated rings. The van der Waals surface area contributed by atoms with E-state index < -0.39 is 50.6 Å². The zero-order valence-corrected chi connectivity index (χ0v) is 13.4. The average Bonchev–Trinajstić information content (AvgIpc) is 2.44. The Labute approximate surface area is 147 Å². The lowest BCUT2D eigenvalue weighted by atomic mass is 9.95. The first kappa shape index (κ1) is 18.2. The van der Waals surface area contributed by atoms with Crippen molar-refractivity contribution in [3.63, 3.8) is 0 Å². The van der Waals surface area contributed by atoms with Crippen LogP contribution in [0.1, 0.15) is 20.7 Å². The number of nitrogens with one attached hydrogen (secondary N) is 1. The van der Waals surface area contributed by atoms with E-state index in [-0.39, 0.29) is 15.6 Å². The fourth-order valence-corrected chi connectivity index (χ4v) is 2.73. The SMILES string of the molecule is Nc1[nH]c(=O)c(C(=O)O)c(-c2cc([N+](=O)[O-])c(Cl)cc2Cl)c1C(=O)O. The number of nitro benzene ring substituents is 1. The fourth-order valence-electron chi connectivity index (χ4n) is 2.19. The molecule has 0 aliphatic carbocycles. The number of carbonyl (C=O) groups is 2. The summed E-state index contributed by atoms with van der Waals surface area (Å²) in [6.07, 6.45) is 0. The number of pyridine rings is 1. The first-order valence-corrected chi connectivity index (χ1v) is 6.98. The van der Waals surface area contributed by atoms with Crippen molar-refractivity contribution < 1.29 is 24.7 Å². The molecule has 0 aliphatic rings. The molecule has 25 heavy (non-hydrogen) atoms. The number of nitro groups is 1. The van der Waals surface area contributed by atoms with Crippen LogP contribution in [0.15, 0.2) is 16.9 Å². The van der Waals surface area contributed by atoms with E-state index in [9.17, 15) is 34.7 Å². The number of H-pyrrole nitrogens is 1. The Morgan fingerprint density at radius 3 is 2.16 bits per heavy atom. The zero-order valence-electron chi connectivity index (χ0n) is 11.9. The number of carboxylic acids is 2. The van der Waals surface area contributed by atoms with Gasteiger partial charge in [-0.05, 0) is 6.07 Å². The summed E-state index contributed by atoms with van der Waals surface area (Å²) in [6, 6.07) is 1.71. The number of hydrogen-bond donors (Lipinski definition) is 4. The summed E-state index contributed by atoms with van der Waals surface area (Å²) in [7, 11) is 0. The molecule has 0 saturated carbocycles. The van der Waals surface area contributed by atoms with Gasteiger partial charge in [-0.15, -0.1) is 0 Å². The van der Waals surface area contributed by atoms with Gasteiger partial charge in [-0.2, -0.15) is 0 Å². The largest absolute Gasteiger partial charge is 0.478 e. The Bertz CT molecular complexity index is 1000. The van der Waals surface area contributed by atoms with E-state index >= 15 is 0 Å². The van der Waals surface area contributed by atoms with Gasteiger partial charge >= 0.3 is 11.9 Å². The molecule has 12 heteroatoms. The number of halogens is 2. The van der Waals surface area contributed by atoms with Crippen molar-refractivity contribution in [2.24, 2.45) is 0 Å². The number of nitrogen functional groups attached to an aromatic ring is 1. The third-order valence-corrected chi connectivity index (χ3v) is 3.79. The minimum Gasteiger partial charge on any atom is -0.478 e. The summed E-state index contributed by atoms with van der Waals surface area (Å²) in [5.74, 6) is -4.07. The van der Waals surface area contributed by atoms with Gasteiger partial charge in [0.2, 0.25) is 0 Å². The number of nitrogens with zero attached hydrogens (tertiary/aromatic N) is 1. The molecule has 0 unspecified atom stereocenters. The Morgan fingerprint density at radius 1 is 1.12 bits per heavy atom. The molecule has 1 heterocycles. The minimum atomic E-state index is -1.77.